The number of rotatable bonds is 8. The highest BCUT2D eigenvalue weighted by atomic mass is 32.2. The molecule has 2 heterocycles. The number of benzene rings is 2. The SMILES string of the molecule is CCc1ccc(Cc2csc(N3CCC(S(=O)(=O)c4ccc(OC)cc4OC)CC3)n2)cc1. The molecule has 0 bridgehead atoms. The zero-order valence-corrected chi connectivity index (χ0v) is 20.9. The lowest BCUT2D eigenvalue weighted by atomic mass is 10.1. The third-order valence-electron chi connectivity index (χ3n) is 6.18. The van der Waals surface area contributed by atoms with Crippen LogP contribution in [0.4, 0.5) is 5.13 Å². The van der Waals surface area contributed by atoms with E-state index in [0.717, 1.165) is 23.7 Å². The first-order valence-corrected chi connectivity index (χ1v) is 13.6. The van der Waals surface area contributed by atoms with Crippen molar-refractivity contribution < 1.29 is 17.9 Å². The molecule has 1 aliphatic heterocycles. The highest BCUT2D eigenvalue weighted by Gasteiger charge is 2.34. The van der Waals surface area contributed by atoms with E-state index in [4.69, 9.17) is 14.5 Å². The maximum Gasteiger partial charge on any atom is 0.185 e. The molecule has 1 aliphatic rings. The second kappa shape index (κ2) is 10.1. The summed E-state index contributed by atoms with van der Waals surface area (Å²) in [5.41, 5.74) is 3.64. The number of nitrogens with zero attached hydrogens (tertiary/aromatic N) is 2. The molecule has 0 amide bonds. The lowest BCUT2D eigenvalue weighted by molar-refractivity contribution is 0.385. The predicted molar refractivity (Wildman–Crippen MR) is 133 cm³/mol. The van der Waals surface area contributed by atoms with Crippen LogP contribution in [-0.4, -0.2) is 46.0 Å². The second-order valence-corrected chi connectivity index (χ2v) is 11.2. The maximum absolute atomic E-state index is 13.3. The molecule has 33 heavy (non-hydrogen) atoms. The molecule has 0 radical (unpaired) electrons. The molecule has 6 nitrogen and oxygen atoms in total. The van der Waals surface area contributed by atoms with E-state index < -0.39 is 15.1 Å². The van der Waals surface area contributed by atoms with Gasteiger partial charge in [-0.2, -0.15) is 0 Å². The van der Waals surface area contributed by atoms with E-state index in [2.05, 4.69) is 41.5 Å². The van der Waals surface area contributed by atoms with Crippen LogP contribution in [0.15, 0.2) is 52.7 Å². The van der Waals surface area contributed by atoms with Crippen molar-refractivity contribution in [2.75, 3.05) is 32.2 Å². The minimum Gasteiger partial charge on any atom is -0.497 e. The molecular weight excluding hydrogens is 456 g/mol. The smallest absolute Gasteiger partial charge is 0.185 e. The van der Waals surface area contributed by atoms with Crippen molar-refractivity contribution in [1.29, 1.82) is 0 Å². The van der Waals surface area contributed by atoms with Gasteiger partial charge in [-0.15, -0.1) is 11.3 Å². The summed E-state index contributed by atoms with van der Waals surface area (Å²) in [4.78, 5) is 7.26. The summed E-state index contributed by atoms with van der Waals surface area (Å²) in [5.74, 6) is 0.898. The van der Waals surface area contributed by atoms with E-state index in [1.54, 1.807) is 36.6 Å². The van der Waals surface area contributed by atoms with Gasteiger partial charge >= 0.3 is 0 Å². The van der Waals surface area contributed by atoms with Gasteiger partial charge in [-0.25, -0.2) is 13.4 Å². The number of aryl methyl sites for hydroxylation is 1. The zero-order valence-electron chi connectivity index (χ0n) is 19.3. The van der Waals surface area contributed by atoms with E-state index in [1.807, 2.05) is 0 Å². The van der Waals surface area contributed by atoms with Gasteiger partial charge in [-0.05, 0) is 42.5 Å². The summed E-state index contributed by atoms with van der Waals surface area (Å²) >= 11 is 1.63. The van der Waals surface area contributed by atoms with Crippen molar-refractivity contribution in [2.24, 2.45) is 0 Å². The average molecular weight is 487 g/mol. The number of anilines is 1. The Morgan fingerprint density at radius 2 is 1.73 bits per heavy atom. The first-order chi connectivity index (χ1) is 15.9. The molecule has 0 atom stereocenters. The molecule has 0 N–H and O–H groups in total. The van der Waals surface area contributed by atoms with Crippen LogP contribution in [0.25, 0.3) is 0 Å². The van der Waals surface area contributed by atoms with E-state index in [9.17, 15) is 8.42 Å². The minimum atomic E-state index is -3.50. The number of methoxy groups -OCH3 is 2. The van der Waals surface area contributed by atoms with Crippen molar-refractivity contribution >= 4 is 26.3 Å². The van der Waals surface area contributed by atoms with Crippen molar-refractivity contribution in [3.63, 3.8) is 0 Å². The number of piperidine rings is 1. The van der Waals surface area contributed by atoms with Crippen molar-refractivity contribution in [3.05, 3.63) is 64.7 Å². The van der Waals surface area contributed by atoms with Crippen LogP contribution < -0.4 is 14.4 Å². The van der Waals surface area contributed by atoms with Crippen LogP contribution in [0, 0.1) is 0 Å². The summed E-state index contributed by atoms with van der Waals surface area (Å²) in [6, 6.07) is 13.5. The topological polar surface area (TPSA) is 68.7 Å². The fourth-order valence-electron chi connectivity index (χ4n) is 4.17. The van der Waals surface area contributed by atoms with Gasteiger partial charge in [0.1, 0.15) is 16.4 Å². The third kappa shape index (κ3) is 5.17. The summed E-state index contributed by atoms with van der Waals surface area (Å²) < 4.78 is 37.2. The zero-order chi connectivity index (χ0) is 23.4. The Bertz CT molecular complexity index is 1180. The lowest BCUT2D eigenvalue weighted by Crippen LogP contribution is -2.39. The Hall–Kier alpha value is -2.58. The molecule has 0 aliphatic carbocycles. The normalized spacial score (nSPS) is 14.9. The van der Waals surface area contributed by atoms with E-state index in [1.165, 1.54) is 18.2 Å². The number of thiazole rings is 1. The molecule has 0 saturated carbocycles. The van der Waals surface area contributed by atoms with Gasteiger partial charge in [0.15, 0.2) is 15.0 Å². The number of ether oxygens (including phenoxy) is 2. The van der Waals surface area contributed by atoms with Gasteiger partial charge in [0.2, 0.25) is 0 Å². The summed E-state index contributed by atoms with van der Waals surface area (Å²) in [5, 5.41) is 2.63. The van der Waals surface area contributed by atoms with Gasteiger partial charge in [0.05, 0.1) is 25.2 Å². The van der Waals surface area contributed by atoms with Crippen molar-refractivity contribution in [1.82, 2.24) is 4.98 Å². The van der Waals surface area contributed by atoms with Crippen LogP contribution >= 0.6 is 11.3 Å². The number of aromatic nitrogens is 1. The molecule has 2 aromatic carbocycles. The Balaban J connectivity index is 1.41. The van der Waals surface area contributed by atoms with E-state index in [-0.39, 0.29) is 4.90 Å². The Kier molecular flexibility index (Phi) is 7.24. The highest BCUT2D eigenvalue weighted by Crippen LogP contribution is 2.35. The molecule has 8 heteroatoms. The summed E-state index contributed by atoms with van der Waals surface area (Å²) in [6.45, 7) is 3.49. The number of sulfone groups is 1. The third-order valence-corrected chi connectivity index (χ3v) is 9.43. The number of hydrogen-bond acceptors (Lipinski definition) is 7. The van der Waals surface area contributed by atoms with Gasteiger partial charge in [0, 0.05) is 31.0 Å². The standard InChI is InChI=1S/C25H30N2O4S2/c1-4-18-5-7-19(8-6-18)15-20-17-32-25(26-20)27-13-11-22(12-14-27)33(28,29)24-10-9-21(30-2)16-23(24)31-3/h5-10,16-17,22H,4,11-15H2,1-3H3. The quantitative estimate of drug-likeness (QED) is 0.457. The van der Waals surface area contributed by atoms with Gasteiger partial charge in [-0.1, -0.05) is 31.2 Å². The van der Waals surface area contributed by atoms with Crippen LogP contribution in [-0.2, 0) is 22.7 Å². The van der Waals surface area contributed by atoms with E-state index >= 15 is 0 Å². The average Bonchev–Trinajstić information content (AvgIpc) is 3.32. The minimum absolute atomic E-state index is 0.231. The molecular formula is C25H30N2O4S2. The molecule has 0 unspecified atom stereocenters. The van der Waals surface area contributed by atoms with Gasteiger partial charge in [0.25, 0.3) is 0 Å². The molecule has 3 aromatic rings. The van der Waals surface area contributed by atoms with Crippen LogP contribution in [0.1, 0.15) is 36.6 Å². The monoisotopic (exact) mass is 486 g/mol. The summed E-state index contributed by atoms with van der Waals surface area (Å²) in [7, 11) is -0.474. The van der Waals surface area contributed by atoms with Crippen LogP contribution in [0.2, 0.25) is 0 Å². The lowest BCUT2D eigenvalue weighted by Gasteiger charge is -2.31. The Labute approximate surface area is 200 Å². The predicted octanol–water partition coefficient (Wildman–Crippen LogP) is 4.76. The molecule has 1 saturated heterocycles. The van der Waals surface area contributed by atoms with Gasteiger partial charge < -0.3 is 14.4 Å². The van der Waals surface area contributed by atoms with Crippen molar-refractivity contribution in [2.45, 2.75) is 42.8 Å². The number of hydrogen-bond donors (Lipinski definition) is 0. The van der Waals surface area contributed by atoms with Crippen LogP contribution in [0.5, 0.6) is 11.5 Å². The second-order valence-electron chi connectivity index (χ2n) is 8.22. The summed E-state index contributed by atoms with van der Waals surface area (Å²) in [6.07, 6.45) is 2.97. The molecule has 0 spiro atoms. The first kappa shape index (κ1) is 23.6. The largest absolute Gasteiger partial charge is 0.497 e. The van der Waals surface area contributed by atoms with Gasteiger partial charge in [-0.3, -0.25) is 0 Å². The fraction of sp³-hybridized carbons (Fsp3) is 0.400. The molecule has 4 rings (SSSR count). The highest BCUT2D eigenvalue weighted by molar-refractivity contribution is 7.92. The van der Waals surface area contributed by atoms with E-state index in [0.29, 0.717) is 37.4 Å². The molecule has 1 aromatic heterocycles. The van der Waals surface area contributed by atoms with Crippen LogP contribution in [0.3, 0.4) is 0 Å². The molecule has 176 valence electrons. The molecule has 1 fully saturated rings. The Morgan fingerprint density at radius 3 is 2.36 bits per heavy atom. The Morgan fingerprint density at radius 1 is 1.03 bits per heavy atom. The first-order valence-electron chi connectivity index (χ1n) is 11.2. The fourth-order valence-corrected chi connectivity index (χ4v) is 6.92. The van der Waals surface area contributed by atoms with Crippen molar-refractivity contribution in [3.8, 4) is 11.5 Å². The maximum atomic E-state index is 13.3.